The van der Waals surface area contributed by atoms with E-state index in [9.17, 15) is 5.11 Å². The standard InChI is InChI=1S/C19H26N4O3/c1-23-8-7-18-14-10-3-4-12(24)15(14)26-16(18)11(22-17(20)21)5-6-19(18,25-2)13(23)9-10/h3-4,11,13,16,24H,5-9H2,1-2H3,(H4,20,21,22)/t11-,13?,16+,18?,19-/m1/s1. The summed E-state index contributed by atoms with van der Waals surface area (Å²) in [6.07, 6.45) is 3.24. The molecule has 0 amide bonds. The quantitative estimate of drug-likeness (QED) is 0.524. The van der Waals surface area contributed by atoms with Crippen LogP contribution in [0.1, 0.15) is 30.4 Å². The second-order valence-corrected chi connectivity index (χ2v) is 8.16. The molecule has 2 fully saturated rings. The van der Waals surface area contributed by atoms with Crippen LogP contribution in [0, 0.1) is 0 Å². The zero-order valence-corrected chi connectivity index (χ0v) is 15.2. The summed E-state index contributed by atoms with van der Waals surface area (Å²) in [6, 6.07) is 3.92. The number of likely N-dealkylation sites (tertiary alicyclic amines) is 1. The van der Waals surface area contributed by atoms with Crippen molar-refractivity contribution in [2.75, 3.05) is 20.7 Å². The highest BCUT2D eigenvalue weighted by Gasteiger charge is 2.73. The predicted molar refractivity (Wildman–Crippen MR) is 97.5 cm³/mol. The topological polar surface area (TPSA) is 106 Å². The minimum Gasteiger partial charge on any atom is -0.504 e. The zero-order valence-electron chi connectivity index (χ0n) is 15.2. The average molecular weight is 358 g/mol. The number of aromatic hydroxyl groups is 1. The molecule has 4 aliphatic rings. The third kappa shape index (κ3) is 1.64. The Morgan fingerprint density at radius 2 is 2.19 bits per heavy atom. The second kappa shape index (κ2) is 5.04. The third-order valence-corrected chi connectivity index (χ3v) is 7.34. The van der Waals surface area contributed by atoms with Gasteiger partial charge in [0, 0.05) is 18.7 Å². The number of hydrogen-bond donors (Lipinski definition) is 3. The second-order valence-electron chi connectivity index (χ2n) is 8.16. The smallest absolute Gasteiger partial charge is 0.186 e. The van der Waals surface area contributed by atoms with E-state index >= 15 is 0 Å². The molecule has 2 unspecified atom stereocenters. The van der Waals surface area contributed by atoms with Crippen LogP contribution in [0.15, 0.2) is 17.1 Å². The van der Waals surface area contributed by atoms with Crippen molar-refractivity contribution in [1.82, 2.24) is 4.90 Å². The van der Waals surface area contributed by atoms with Gasteiger partial charge in [-0.3, -0.25) is 0 Å². The number of benzene rings is 1. The first-order valence-electron chi connectivity index (χ1n) is 9.31. The van der Waals surface area contributed by atoms with E-state index in [2.05, 4.69) is 16.9 Å². The number of guanidine groups is 1. The summed E-state index contributed by atoms with van der Waals surface area (Å²) in [5.41, 5.74) is 13.1. The Balaban J connectivity index is 1.80. The fourth-order valence-corrected chi connectivity index (χ4v) is 6.44. The van der Waals surface area contributed by atoms with E-state index in [0.717, 1.165) is 37.8 Å². The molecule has 7 heteroatoms. The molecule has 5 atom stereocenters. The van der Waals surface area contributed by atoms with Crippen LogP contribution in [0.25, 0.3) is 0 Å². The van der Waals surface area contributed by atoms with Crippen molar-refractivity contribution in [2.45, 2.75) is 54.9 Å². The summed E-state index contributed by atoms with van der Waals surface area (Å²) in [4.78, 5) is 6.92. The van der Waals surface area contributed by atoms with Gasteiger partial charge in [0.15, 0.2) is 17.5 Å². The summed E-state index contributed by atoms with van der Waals surface area (Å²) in [5.74, 6) is 0.883. The van der Waals surface area contributed by atoms with Crippen molar-refractivity contribution in [3.05, 3.63) is 23.3 Å². The highest BCUT2D eigenvalue weighted by Crippen LogP contribution is 2.66. The summed E-state index contributed by atoms with van der Waals surface area (Å²) >= 11 is 0. The van der Waals surface area contributed by atoms with Crippen LogP contribution >= 0.6 is 0 Å². The van der Waals surface area contributed by atoms with Crippen LogP contribution in [-0.2, 0) is 16.6 Å². The highest BCUT2D eigenvalue weighted by molar-refractivity contribution is 5.76. The molecular formula is C19H26N4O3. The number of likely N-dealkylation sites (N-methyl/N-ethyl adjacent to an activating group) is 1. The van der Waals surface area contributed by atoms with Crippen LogP contribution in [-0.4, -0.2) is 60.5 Å². The van der Waals surface area contributed by atoms with Gasteiger partial charge in [-0.05, 0) is 50.9 Å². The Labute approximate surface area is 153 Å². The molecule has 0 radical (unpaired) electrons. The molecule has 7 nitrogen and oxygen atoms in total. The van der Waals surface area contributed by atoms with E-state index in [1.807, 2.05) is 13.2 Å². The number of methoxy groups -OCH3 is 1. The van der Waals surface area contributed by atoms with E-state index in [-0.39, 0.29) is 40.9 Å². The average Bonchev–Trinajstić information content (AvgIpc) is 2.97. The molecule has 1 saturated heterocycles. The van der Waals surface area contributed by atoms with Gasteiger partial charge in [-0.1, -0.05) is 6.07 Å². The van der Waals surface area contributed by atoms with Gasteiger partial charge in [0.1, 0.15) is 6.10 Å². The Morgan fingerprint density at radius 3 is 2.92 bits per heavy atom. The van der Waals surface area contributed by atoms with E-state index in [1.165, 1.54) is 5.56 Å². The number of phenols is 1. The first kappa shape index (κ1) is 16.2. The lowest BCUT2D eigenvalue weighted by Gasteiger charge is -2.64. The van der Waals surface area contributed by atoms with Gasteiger partial charge in [0.2, 0.25) is 0 Å². The summed E-state index contributed by atoms with van der Waals surface area (Å²) in [7, 11) is 4.00. The van der Waals surface area contributed by atoms with Gasteiger partial charge < -0.3 is 30.9 Å². The normalized spacial score (nSPS) is 39.8. The SMILES string of the molecule is CO[C@@]12CC[C@@H](N=C(N)N)[C@@H]3Oc4c(O)ccc5c4C31CCN(C)C2C5. The maximum absolute atomic E-state index is 10.5. The lowest BCUT2D eigenvalue weighted by Crippen LogP contribution is -2.77. The van der Waals surface area contributed by atoms with Gasteiger partial charge >= 0.3 is 0 Å². The number of aliphatic imine (C=N–C) groups is 1. The Morgan fingerprint density at radius 1 is 1.38 bits per heavy atom. The van der Waals surface area contributed by atoms with Crippen molar-refractivity contribution < 1.29 is 14.6 Å². The molecule has 1 saturated carbocycles. The van der Waals surface area contributed by atoms with Crippen molar-refractivity contribution in [1.29, 1.82) is 0 Å². The van der Waals surface area contributed by atoms with E-state index in [4.69, 9.17) is 20.9 Å². The Hall–Kier alpha value is -1.99. The molecule has 5 N–H and O–H groups in total. The van der Waals surface area contributed by atoms with Crippen LogP contribution in [0.2, 0.25) is 0 Å². The molecule has 26 heavy (non-hydrogen) atoms. The summed E-state index contributed by atoms with van der Waals surface area (Å²) in [5, 5.41) is 10.5. The van der Waals surface area contributed by atoms with Gasteiger partial charge in [0.05, 0.1) is 17.1 Å². The molecule has 140 valence electrons. The number of phenolic OH excluding ortho intramolecular Hbond substituents is 1. The lowest BCUT2D eigenvalue weighted by atomic mass is 9.48. The minimum atomic E-state index is -0.355. The first-order valence-corrected chi connectivity index (χ1v) is 9.31. The third-order valence-electron chi connectivity index (χ3n) is 7.34. The summed E-state index contributed by atoms with van der Waals surface area (Å²) in [6.45, 7) is 0.957. The fraction of sp³-hybridized carbons (Fsp3) is 0.632. The number of nitrogens with zero attached hydrogens (tertiary/aromatic N) is 2. The van der Waals surface area contributed by atoms with E-state index in [1.54, 1.807) is 6.07 Å². The lowest BCUT2D eigenvalue weighted by molar-refractivity contribution is -0.201. The minimum absolute atomic E-state index is 0.0839. The first-order chi connectivity index (χ1) is 12.4. The molecular weight excluding hydrogens is 332 g/mol. The van der Waals surface area contributed by atoms with Crippen LogP contribution < -0.4 is 16.2 Å². The Kier molecular flexibility index (Phi) is 3.14. The van der Waals surface area contributed by atoms with Crippen molar-refractivity contribution in [2.24, 2.45) is 16.5 Å². The number of piperidine rings is 1. The maximum Gasteiger partial charge on any atom is 0.186 e. The number of hydrogen-bond acceptors (Lipinski definition) is 5. The van der Waals surface area contributed by atoms with Crippen LogP contribution in [0.4, 0.5) is 0 Å². The number of rotatable bonds is 2. The molecule has 2 aliphatic carbocycles. The van der Waals surface area contributed by atoms with Gasteiger partial charge in [-0.2, -0.15) is 0 Å². The van der Waals surface area contributed by atoms with Gasteiger partial charge in [0.25, 0.3) is 0 Å². The molecule has 2 bridgehead atoms. The summed E-state index contributed by atoms with van der Waals surface area (Å²) < 4.78 is 12.8. The molecule has 2 aliphatic heterocycles. The molecule has 2 heterocycles. The van der Waals surface area contributed by atoms with Crippen LogP contribution in [0.3, 0.4) is 0 Å². The van der Waals surface area contributed by atoms with Gasteiger partial charge in [-0.15, -0.1) is 0 Å². The highest BCUT2D eigenvalue weighted by atomic mass is 16.5. The largest absolute Gasteiger partial charge is 0.504 e. The number of nitrogens with two attached hydrogens (primary N) is 2. The Bertz CT molecular complexity index is 808. The van der Waals surface area contributed by atoms with Gasteiger partial charge in [-0.25, -0.2) is 4.99 Å². The molecule has 1 aromatic carbocycles. The fourth-order valence-electron chi connectivity index (χ4n) is 6.44. The van der Waals surface area contributed by atoms with Crippen molar-refractivity contribution in [3.8, 4) is 11.5 Å². The molecule has 5 rings (SSSR count). The molecule has 1 aromatic rings. The van der Waals surface area contributed by atoms with Crippen LogP contribution in [0.5, 0.6) is 11.5 Å². The van der Waals surface area contributed by atoms with Crippen molar-refractivity contribution >= 4 is 5.96 Å². The zero-order chi connectivity index (χ0) is 18.3. The monoisotopic (exact) mass is 358 g/mol. The van der Waals surface area contributed by atoms with Crippen molar-refractivity contribution in [3.63, 3.8) is 0 Å². The van der Waals surface area contributed by atoms with E-state index < -0.39 is 0 Å². The predicted octanol–water partition coefficient (Wildman–Crippen LogP) is 0.472. The molecule has 0 aromatic heterocycles. The van der Waals surface area contributed by atoms with E-state index in [0.29, 0.717) is 5.75 Å². The maximum atomic E-state index is 10.5. The molecule has 1 spiro atoms. The number of ether oxygens (including phenoxy) is 2.